The van der Waals surface area contributed by atoms with Gasteiger partial charge in [-0.3, -0.25) is 4.79 Å². The van der Waals surface area contributed by atoms with E-state index in [2.05, 4.69) is 29.3 Å². The molecule has 0 aliphatic carbocycles. The van der Waals surface area contributed by atoms with Crippen LogP contribution in [0.5, 0.6) is 0 Å². The van der Waals surface area contributed by atoms with Gasteiger partial charge in [0.15, 0.2) is 10.6 Å². The number of carbonyl (C=O) groups is 1. The standard InChI is InChI=1S/C17H12N2O2S/c1-19-15-12-6-3-2-5-11(12)8-9-14(15)22-17(19)18-16(20)13-7-4-10-21-13/h2-10H,1H3. The lowest BCUT2D eigenvalue weighted by atomic mass is 10.1. The van der Waals surface area contributed by atoms with Gasteiger partial charge in [0, 0.05) is 12.4 Å². The quantitative estimate of drug-likeness (QED) is 0.538. The molecule has 0 N–H and O–H groups in total. The molecule has 2 heterocycles. The molecule has 0 radical (unpaired) electrons. The van der Waals surface area contributed by atoms with E-state index in [0.29, 0.717) is 4.80 Å². The number of thiazole rings is 1. The number of aromatic nitrogens is 1. The molecule has 0 aliphatic rings. The zero-order valence-corrected chi connectivity index (χ0v) is 12.6. The summed E-state index contributed by atoms with van der Waals surface area (Å²) in [5.41, 5.74) is 1.09. The number of hydrogen-bond acceptors (Lipinski definition) is 3. The molecule has 2 aromatic heterocycles. The highest BCUT2D eigenvalue weighted by molar-refractivity contribution is 7.16. The first kappa shape index (κ1) is 13.0. The van der Waals surface area contributed by atoms with Crippen molar-refractivity contribution in [2.45, 2.75) is 0 Å². The van der Waals surface area contributed by atoms with E-state index in [0.717, 1.165) is 15.6 Å². The molecule has 0 unspecified atom stereocenters. The molecule has 0 atom stereocenters. The molecule has 22 heavy (non-hydrogen) atoms. The van der Waals surface area contributed by atoms with Crippen molar-refractivity contribution >= 4 is 38.2 Å². The van der Waals surface area contributed by atoms with Crippen LogP contribution in [0.2, 0.25) is 0 Å². The molecule has 0 fully saturated rings. The maximum atomic E-state index is 12.1. The molecule has 2 aromatic carbocycles. The molecule has 4 nitrogen and oxygen atoms in total. The van der Waals surface area contributed by atoms with Crippen LogP contribution in [0.25, 0.3) is 21.0 Å². The highest BCUT2D eigenvalue weighted by atomic mass is 32.1. The van der Waals surface area contributed by atoms with Crippen LogP contribution in [0.4, 0.5) is 0 Å². The van der Waals surface area contributed by atoms with Crippen molar-refractivity contribution in [1.82, 2.24) is 4.57 Å². The van der Waals surface area contributed by atoms with E-state index in [-0.39, 0.29) is 11.7 Å². The SMILES string of the molecule is Cn1c(=NC(=O)c2ccco2)sc2ccc3ccccc3c21. The summed E-state index contributed by atoms with van der Waals surface area (Å²) in [6.45, 7) is 0. The van der Waals surface area contributed by atoms with Gasteiger partial charge in [-0.1, -0.05) is 41.7 Å². The van der Waals surface area contributed by atoms with Gasteiger partial charge in [0.25, 0.3) is 0 Å². The number of hydrogen-bond donors (Lipinski definition) is 0. The highest BCUT2D eigenvalue weighted by Crippen LogP contribution is 2.26. The third kappa shape index (κ3) is 1.98. The summed E-state index contributed by atoms with van der Waals surface area (Å²) in [7, 11) is 1.93. The lowest BCUT2D eigenvalue weighted by Crippen LogP contribution is -2.13. The van der Waals surface area contributed by atoms with Crippen molar-refractivity contribution in [1.29, 1.82) is 0 Å². The Morgan fingerprint density at radius 3 is 2.82 bits per heavy atom. The van der Waals surface area contributed by atoms with Crippen LogP contribution in [0.15, 0.2) is 64.2 Å². The zero-order chi connectivity index (χ0) is 15.1. The Hall–Kier alpha value is -2.66. The van der Waals surface area contributed by atoms with Crippen LogP contribution in [0.1, 0.15) is 10.6 Å². The Balaban J connectivity index is 1.98. The Morgan fingerprint density at radius 2 is 2.00 bits per heavy atom. The number of amides is 1. The summed E-state index contributed by atoms with van der Waals surface area (Å²) in [6.07, 6.45) is 1.47. The Bertz CT molecular complexity index is 1060. The number of carbonyl (C=O) groups excluding carboxylic acids is 1. The van der Waals surface area contributed by atoms with Crippen LogP contribution < -0.4 is 4.80 Å². The fourth-order valence-corrected chi connectivity index (χ4v) is 3.60. The predicted octanol–water partition coefficient (Wildman–Crippen LogP) is 3.73. The lowest BCUT2D eigenvalue weighted by molar-refractivity contribution is 0.0971. The summed E-state index contributed by atoms with van der Waals surface area (Å²) in [5, 5.41) is 2.33. The van der Waals surface area contributed by atoms with Crippen LogP contribution >= 0.6 is 11.3 Å². The van der Waals surface area contributed by atoms with Crippen molar-refractivity contribution in [3.63, 3.8) is 0 Å². The van der Waals surface area contributed by atoms with Gasteiger partial charge in [-0.25, -0.2) is 0 Å². The average molecular weight is 308 g/mol. The summed E-state index contributed by atoms with van der Waals surface area (Å²) in [6, 6.07) is 15.7. The van der Waals surface area contributed by atoms with E-state index in [9.17, 15) is 4.79 Å². The number of furan rings is 1. The van der Waals surface area contributed by atoms with E-state index in [1.54, 1.807) is 12.1 Å². The maximum absolute atomic E-state index is 12.1. The normalized spacial score (nSPS) is 12.3. The summed E-state index contributed by atoms with van der Waals surface area (Å²) in [5.74, 6) is -0.112. The molecule has 0 saturated heterocycles. The minimum Gasteiger partial charge on any atom is -0.459 e. The van der Waals surface area contributed by atoms with E-state index < -0.39 is 0 Å². The number of fused-ring (bicyclic) bond motifs is 3. The van der Waals surface area contributed by atoms with Crippen molar-refractivity contribution in [2.75, 3.05) is 0 Å². The van der Waals surface area contributed by atoms with E-state index >= 15 is 0 Å². The second-order valence-corrected chi connectivity index (χ2v) is 5.98. The van der Waals surface area contributed by atoms with Gasteiger partial charge in [-0.05, 0) is 23.6 Å². The topological polar surface area (TPSA) is 47.5 Å². The zero-order valence-electron chi connectivity index (χ0n) is 11.8. The second-order valence-electron chi connectivity index (χ2n) is 4.97. The lowest BCUT2D eigenvalue weighted by Gasteiger charge is -2.01. The van der Waals surface area contributed by atoms with E-state index in [1.807, 2.05) is 23.7 Å². The molecule has 4 rings (SSSR count). The molecule has 0 bridgehead atoms. The number of benzene rings is 2. The molecular formula is C17H12N2O2S. The Kier molecular flexibility index (Phi) is 2.94. The summed E-state index contributed by atoms with van der Waals surface area (Å²) >= 11 is 1.50. The highest BCUT2D eigenvalue weighted by Gasteiger charge is 2.10. The molecular weight excluding hydrogens is 296 g/mol. The van der Waals surface area contributed by atoms with Gasteiger partial charge in [0.2, 0.25) is 0 Å². The predicted molar refractivity (Wildman–Crippen MR) is 86.9 cm³/mol. The number of aryl methyl sites for hydroxylation is 1. The van der Waals surface area contributed by atoms with Gasteiger partial charge in [-0.15, -0.1) is 0 Å². The minimum absolute atomic E-state index is 0.252. The van der Waals surface area contributed by atoms with E-state index in [4.69, 9.17) is 4.42 Å². The van der Waals surface area contributed by atoms with Crippen LogP contribution in [-0.4, -0.2) is 10.5 Å². The minimum atomic E-state index is -0.364. The van der Waals surface area contributed by atoms with Crippen molar-refractivity contribution in [2.24, 2.45) is 12.0 Å². The number of rotatable bonds is 1. The largest absolute Gasteiger partial charge is 0.459 e. The second kappa shape index (κ2) is 4.96. The number of nitrogens with zero attached hydrogens (tertiary/aromatic N) is 2. The molecule has 1 amide bonds. The van der Waals surface area contributed by atoms with E-state index in [1.165, 1.54) is 23.0 Å². The molecule has 5 heteroatoms. The van der Waals surface area contributed by atoms with Crippen LogP contribution in [0.3, 0.4) is 0 Å². The third-order valence-electron chi connectivity index (χ3n) is 3.62. The maximum Gasteiger partial charge on any atom is 0.315 e. The average Bonchev–Trinajstić information content (AvgIpc) is 3.17. The first-order valence-electron chi connectivity index (χ1n) is 6.84. The van der Waals surface area contributed by atoms with Gasteiger partial charge in [0.05, 0.1) is 16.5 Å². The van der Waals surface area contributed by atoms with Crippen molar-refractivity contribution < 1.29 is 9.21 Å². The monoisotopic (exact) mass is 308 g/mol. The molecule has 0 aliphatic heterocycles. The smallest absolute Gasteiger partial charge is 0.315 e. The van der Waals surface area contributed by atoms with Gasteiger partial charge in [-0.2, -0.15) is 4.99 Å². The van der Waals surface area contributed by atoms with Crippen molar-refractivity contribution in [3.05, 3.63) is 65.4 Å². The van der Waals surface area contributed by atoms with Crippen molar-refractivity contribution in [3.8, 4) is 0 Å². The third-order valence-corrected chi connectivity index (χ3v) is 4.71. The molecule has 4 aromatic rings. The fraction of sp³-hybridized carbons (Fsp3) is 0.0588. The fourth-order valence-electron chi connectivity index (χ4n) is 2.57. The molecule has 0 spiro atoms. The molecule has 0 saturated carbocycles. The van der Waals surface area contributed by atoms with Gasteiger partial charge >= 0.3 is 5.91 Å². The van der Waals surface area contributed by atoms with Gasteiger partial charge < -0.3 is 8.98 Å². The summed E-state index contributed by atoms with van der Waals surface area (Å²) < 4.78 is 8.17. The molecule has 108 valence electrons. The summed E-state index contributed by atoms with van der Waals surface area (Å²) in [4.78, 5) is 17.0. The van der Waals surface area contributed by atoms with Crippen LogP contribution in [0, 0.1) is 0 Å². The van der Waals surface area contributed by atoms with Gasteiger partial charge in [0.1, 0.15) is 0 Å². The Morgan fingerprint density at radius 1 is 1.14 bits per heavy atom. The Labute approximate surface area is 130 Å². The first-order valence-corrected chi connectivity index (χ1v) is 7.65. The van der Waals surface area contributed by atoms with Crippen LogP contribution in [-0.2, 0) is 7.05 Å². The first-order chi connectivity index (χ1) is 10.7.